The summed E-state index contributed by atoms with van der Waals surface area (Å²) in [4.78, 5) is 14.2. The number of nitro groups is 1. The molecule has 2 aromatic rings. The number of nitro benzene ring substituents is 1. The van der Waals surface area contributed by atoms with Crippen LogP contribution in [0.4, 0.5) is 11.4 Å². The number of benzene rings is 1. The van der Waals surface area contributed by atoms with Gasteiger partial charge in [-0.05, 0) is 23.2 Å². The first-order chi connectivity index (χ1) is 8.16. The second-order valence-corrected chi connectivity index (χ2v) is 5.14. The molecule has 0 fully saturated rings. The van der Waals surface area contributed by atoms with Crippen LogP contribution in [-0.2, 0) is 5.75 Å². The lowest BCUT2D eigenvalue weighted by molar-refractivity contribution is -0.384. The minimum atomic E-state index is -0.432. The van der Waals surface area contributed by atoms with E-state index in [0.717, 1.165) is 9.90 Å². The minimum absolute atomic E-state index is 0.0482. The first kappa shape index (κ1) is 11.8. The third kappa shape index (κ3) is 2.92. The second kappa shape index (κ2) is 5.11. The Bertz CT molecular complexity index is 530. The summed E-state index contributed by atoms with van der Waals surface area (Å²) in [5.41, 5.74) is 7.09. The van der Waals surface area contributed by atoms with Gasteiger partial charge in [0.15, 0.2) is 4.34 Å². The summed E-state index contributed by atoms with van der Waals surface area (Å²) in [7, 11) is 0. The van der Waals surface area contributed by atoms with Gasteiger partial charge < -0.3 is 5.73 Å². The molecule has 0 atom stereocenters. The van der Waals surface area contributed by atoms with Crippen LogP contribution in [0.5, 0.6) is 0 Å². The topological polar surface area (TPSA) is 94.9 Å². The van der Waals surface area contributed by atoms with Gasteiger partial charge in [0.2, 0.25) is 0 Å². The molecule has 0 saturated carbocycles. The van der Waals surface area contributed by atoms with E-state index < -0.39 is 4.92 Å². The molecular weight excluding hydrogens is 260 g/mol. The number of rotatable bonds is 4. The highest BCUT2D eigenvalue weighted by Gasteiger charge is 2.10. The molecule has 6 nitrogen and oxygen atoms in total. The van der Waals surface area contributed by atoms with Gasteiger partial charge in [-0.3, -0.25) is 10.1 Å². The van der Waals surface area contributed by atoms with E-state index in [1.807, 2.05) is 0 Å². The molecule has 17 heavy (non-hydrogen) atoms. The molecular formula is C9H8N4O2S2. The van der Waals surface area contributed by atoms with E-state index in [9.17, 15) is 10.1 Å². The molecule has 0 saturated heterocycles. The zero-order valence-corrected chi connectivity index (χ0v) is 10.2. The Kier molecular flexibility index (Phi) is 3.55. The number of hydrogen-bond acceptors (Lipinski definition) is 7. The smallest absolute Gasteiger partial charge is 0.269 e. The summed E-state index contributed by atoms with van der Waals surface area (Å²) in [6.07, 6.45) is 1.48. The van der Waals surface area contributed by atoms with Gasteiger partial charge in [0.05, 0.1) is 4.92 Å². The van der Waals surface area contributed by atoms with E-state index in [-0.39, 0.29) is 5.69 Å². The van der Waals surface area contributed by atoms with E-state index >= 15 is 0 Å². The fraction of sp³-hybridized carbons (Fsp3) is 0.111. The molecule has 1 aromatic carbocycles. The van der Waals surface area contributed by atoms with Gasteiger partial charge in [-0.15, -0.1) is 0 Å². The SMILES string of the molecule is Nc1ccc([N+](=O)[O-])cc1CSc1ncns1. The largest absolute Gasteiger partial charge is 0.398 e. The lowest BCUT2D eigenvalue weighted by Crippen LogP contribution is -1.95. The molecule has 1 heterocycles. The standard InChI is InChI=1S/C9H8N4O2S2/c10-8-2-1-7(13(14)15)3-6(8)4-16-9-11-5-12-17-9/h1-3,5H,4,10H2. The van der Waals surface area contributed by atoms with Crippen LogP contribution in [0.1, 0.15) is 5.56 Å². The third-order valence-electron chi connectivity index (χ3n) is 2.03. The summed E-state index contributed by atoms with van der Waals surface area (Å²) < 4.78 is 4.69. The summed E-state index contributed by atoms with van der Waals surface area (Å²) in [5.74, 6) is 0.544. The van der Waals surface area contributed by atoms with Crippen LogP contribution in [-0.4, -0.2) is 14.3 Å². The maximum atomic E-state index is 10.6. The van der Waals surface area contributed by atoms with Crippen LogP contribution in [0.2, 0.25) is 0 Å². The van der Waals surface area contributed by atoms with Crippen LogP contribution in [0.3, 0.4) is 0 Å². The number of nitrogen functional groups attached to an aromatic ring is 1. The van der Waals surface area contributed by atoms with Gasteiger partial charge in [0.1, 0.15) is 6.33 Å². The predicted octanol–water partition coefficient (Wildman–Crippen LogP) is 2.32. The number of nitrogens with two attached hydrogens (primary N) is 1. The number of hydrogen-bond donors (Lipinski definition) is 1. The Morgan fingerprint density at radius 3 is 3.00 bits per heavy atom. The highest BCUT2D eigenvalue weighted by atomic mass is 32.2. The summed E-state index contributed by atoms with van der Waals surface area (Å²) in [5, 5.41) is 10.6. The van der Waals surface area contributed by atoms with Gasteiger partial charge in [-0.1, -0.05) is 11.8 Å². The van der Waals surface area contributed by atoms with E-state index in [1.165, 1.54) is 41.8 Å². The number of non-ortho nitro benzene ring substituents is 1. The summed E-state index contributed by atoms with van der Waals surface area (Å²) in [6, 6.07) is 4.44. The lowest BCUT2D eigenvalue weighted by atomic mass is 10.2. The molecule has 0 aliphatic heterocycles. The molecule has 0 aliphatic rings. The highest BCUT2D eigenvalue weighted by Crippen LogP contribution is 2.28. The van der Waals surface area contributed by atoms with Crippen molar-refractivity contribution >= 4 is 34.7 Å². The molecule has 0 unspecified atom stereocenters. The predicted molar refractivity (Wildman–Crippen MR) is 67.0 cm³/mol. The lowest BCUT2D eigenvalue weighted by Gasteiger charge is -2.03. The zero-order valence-electron chi connectivity index (χ0n) is 8.57. The highest BCUT2D eigenvalue weighted by molar-refractivity contribution is 8.00. The first-order valence-electron chi connectivity index (χ1n) is 4.59. The molecule has 2 rings (SSSR count). The number of anilines is 1. The van der Waals surface area contributed by atoms with Crippen molar-refractivity contribution in [3.63, 3.8) is 0 Å². The van der Waals surface area contributed by atoms with Crippen LogP contribution in [0, 0.1) is 10.1 Å². The molecule has 2 N–H and O–H groups in total. The summed E-state index contributed by atoms with van der Waals surface area (Å²) >= 11 is 2.74. The molecule has 0 radical (unpaired) electrons. The molecule has 0 amide bonds. The average molecular weight is 268 g/mol. The Morgan fingerprint density at radius 1 is 1.53 bits per heavy atom. The monoisotopic (exact) mass is 268 g/mol. The number of thioether (sulfide) groups is 1. The Labute approximate surface area is 105 Å². The van der Waals surface area contributed by atoms with Gasteiger partial charge in [-0.25, -0.2) is 4.98 Å². The Balaban J connectivity index is 2.14. The van der Waals surface area contributed by atoms with E-state index in [2.05, 4.69) is 9.36 Å². The van der Waals surface area contributed by atoms with Crippen molar-refractivity contribution in [2.75, 3.05) is 5.73 Å². The molecule has 0 bridgehead atoms. The first-order valence-corrected chi connectivity index (χ1v) is 6.35. The molecule has 88 valence electrons. The minimum Gasteiger partial charge on any atom is -0.398 e. The number of aromatic nitrogens is 2. The van der Waals surface area contributed by atoms with E-state index in [0.29, 0.717) is 11.4 Å². The van der Waals surface area contributed by atoms with Crippen molar-refractivity contribution in [2.45, 2.75) is 10.1 Å². The van der Waals surface area contributed by atoms with Gasteiger partial charge in [-0.2, -0.15) is 4.37 Å². The van der Waals surface area contributed by atoms with Gasteiger partial charge >= 0.3 is 0 Å². The number of nitrogens with zero attached hydrogens (tertiary/aromatic N) is 3. The molecule has 0 spiro atoms. The van der Waals surface area contributed by atoms with Crippen molar-refractivity contribution in [2.24, 2.45) is 0 Å². The molecule has 8 heteroatoms. The third-order valence-corrected chi connectivity index (χ3v) is 3.88. The van der Waals surface area contributed by atoms with Gasteiger partial charge in [0, 0.05) is 23.6 Å². The van der Waals surface area contributed by atoms with Crippen molar-refractivity contribution < 1.29 is 4.92 Å². The van der Waals surface area contributed by atoms with Crippen molar-refractivity contribution in [3.8, 4) is 0 Å². The Hall–Kier alpha value is -1.67. The fourth-order valence-corrected chi connectivity index (χ4v) is 2.64. The summed E-state index contributed by atoms with van der Waals surface area (Å²) in [6.45, 7) is 0. The second-order valence-electron chi connectivity index (χ2n) is 3.14. The van der Waals surface area contributed by atoms with Gasteiger partial charge in [0.25, 0.3) is 5.69 Å². The van der Waals surface area contributed by atoms with Crippen molar-refractivity contribution in [3.05, 3.63) is 40.2 Å². The normalized spacial score (nSPS) is 10.4. The Morgan fingerprint density at radius 2 is 2.35 bits per heavy atom. The van der Waals surface area contributed by atoms with Crippen LogP contribution >= 0.6 is 23.3 Å². The van der Waals surface area contributed by atoms with Crippen molar-refractivity contribution in [1.82, 2.24) is 9.36 Å². The van der Waals surface area contributed by atoms with Crippen LogP contribution in [0.15, 0.2) is 28.9 Å². The fourth-order valence-electron chi connectivity index (χ4n) is 1.20. The van der Waals surface area contributed by atoms with Crippen LogP contribution < -0.4 is 5.73 Å². The van der Waals surface area contributed by atoms with E-state index in [1.54, 1.807) is 6.07 Å². The molecule has 1 aromatic heterocycles. The van der Waals surface area contributed by atoms with Crippen molar-refractivity contribution in [1.29, 1.82) is 0 Å². The maximum Gasteiger partial charge on any atom is 0.269 e. The molecule has 0 aliphatic carbocycles. The quantitative estimate of drug-likeness (QED) is 0.396. The van der Waals surface area contributed by atoms with Crippen LogP contribution in [0.25, 0.3) is 0 Å². The maximum absolute atomic E-state index is 10.6. The zero-order chi connectivity index (χ0) is 12.3. The average Bonchev–Trinajstić information content (AvgIpc) is 2.80. The van der Waals surface area contributed by atoms with E-state index in [4.69, 9.17) is 5.73 Å².